The fourth-order valence-corrected chi connectivity index (χ4v) is 5.17. The van der Waals surface area contributed by atoms with Gasteiger partial charge in [0.05, 0.1) is 5.69 Å². The number of phenols is 1. The SMILES string of the molecule is Cc1ccc(N=Nc2c(S(=O)(=O)O)cc3c(S(=O)(=O)O)c(N)ccc3c2O)c(S(=O)(=O)O)c1. The van der Waals surface area contributed by atoms with Crippen LogP contribution in [0.3, 0.4) is 0 Å². The highest BCUT2D eigenvalue weighted by molar-refractivity contribution is 7.86. The van der Waals surface area contributed by atoms with Crippen LogP contribution in [0.25, 0.3) is 10.8 Å². The van der Waals surface area contributed by atoms with Gasteiger partial charge in [0, 0.05) is 10.8 Å². The standard InChI is InChI=1S/C17H15N3O10S3/c1-8-2-5-12(13(6-8)31(22,23)24)19-20-15-14(32(25,26)27)7-10-9(16(15)21)3-4-11(18)17(10)33(28,29)30/h2-7,21H,18H2,1H3,(H,22,23,24)(H,25,26,27)(H,28,29,30). The Morgan fingerprint density at radius 2 is 1.36 bits per heavy atom. The number of aromatic hydroxyl groups is 1. The van der Waals surface area contributed by atoms with Gasteiger partial charge in [-0.2, -0.15) is 25.3 Å². The summed E-state index contributed by atoms with van der Waals surface area (Å²) < 4.78 is 99.1. The number of fused-ring (bicyclic) bond motifs is 1. The van der Waals surface area contributed by atoms with Crippen LogP contribution in [-0.4, -0.2) is 44.0 Å². The summed E-state index contributed by atoms with van der Waals surface area (Å²) in [6.07, 6.45) is 0. The molecule has 0 fully saturated rings. The van der Waals surface area contributed by atoms with Crippen molar-refractivity contribution in [3.05, 3.63) is 42.0 Å². The number of hydrogen-bond acceptors (Lipinski definition) is 10. The average Bonchev–Trinajstić information content (AvgIpc) is 2.65. The molecular formula is C17H15N3O10S3. The topological polar surface area (TPSA) is 234 Å². The number of phenolic OH excluding ortho intramolecular Hbond substituents is 1. The number of anilines is 1. The van der Waals surface area contributed by atoms with Crippen LogP contribution in [0.5, 0.6) is 5.75 Å². The lowest BCUT2D eigenvalue weighted by atomic mass is 10.1. The number of azo groups is 1. The summed E-state index contributed by atoms with van der Waals surface area (Å²) in [6.45, 7) is 1.53. The van der Waals surface area contributed by atoms with E-state index in [0.29, 0.717) is 11.6 Å². The third-order valence-electron chi connectivity index (χ3n) is 4.40. The predicted molar refractivity (Wildman–Crippen MR) is 115 cm³/mol. The number of nitrogen functional groups attached to an aromatic ring is 1. The molecule has 0 saturated carbocycles. The molecule has 0 radical (unpaired) electrons. The van der Waals surface area contributed by atoms with Gasteiger partial charge in [0.25, 0.3) is 30.4 Å². The molecule has 6 N–H and O–H groups in total. The summed E-state index contributed by atoms with van der Waals surface area (Å²) in [4.78, 5) is -2.70. The Labute approximate surface area is 187 Å². The predicted octanol–water partition coefficient (Wildman–Crippen LogP) is 2.59. The van der Waals surface area contributed by atoms with E-state index in [1.165, 1.54) is 13.0 Å². The Morgan fingerprint density at radius 3 is 1.91 bits per heavy atom. The number of nitrogens with two attached hydrogens (primary N) is 1. The van der Waals surface area contributed by atoms with Crippen LogP contribution >= 0.6 is 0 Å². The molecule has 0 aliphatic heterocycles. The lowest BCUT2D eigenvalue weighted by Gasteiger charge is -2.12. The fraction of sp³-hybridized carbons (Fsp3) is 0.0588. The molecule has 0 aliphatic rings. The summed E-state index contributed by atoms with van der Waals surface area (Å²) >= 11 is 0. The summed E-state index contributed by atoms with van der Waals surface area (Å²) in [5, 5.41) is 16.8. The first-order chi connectivity index (χ1) is 15.0. The second kappa shape index (κ2) is 8.01. The maximum Gasteiger partial charge on any atom is 0.297 e. The molecular weight excluding hydrogens is 502 g/mol. The van der Waals surface area contributed by atoms with E-state index in [4.69, 9.17) is 5.73 Å². The van der Waals surface area contributed by atoms with Gasteiger partial charge in [0.15, 0.2) is 5.75 Å². The number of aryl methyl sites for hydroxylation is 1. The van der Waals surface area contributed by atoms with Gasteiger partial charge in [-0.15, -0.1) is 10.2 Å². The molecule has 0 spiro atoms. The van der Waals surface area contributed by atoms with Gasteiger partial charge in [-0.25, -0.2) is 0 Å². The first-order valence-corrected chi connectivity index (χ1v) is 12.9. The molecule has 0 unspecified atom stereocenters. The Balaban J connectivity index is 2.41. The molecule has 0 heterocycles. The van der Waals surface area contributed by atoms with E-state index in [1.807, 2.05) is 0 Å². The van der Waals surface area contributed by atoms with E-state index in [0.717, 1.165) is 24.3 Å². The van der Waals surface area contributed by atoms with Gasteiger partial charge in [-0.05, 0) is 42.8 Å². The van der Waals surface area contributed by atoms with E-state index < -0.39 is 73.2 Å². The maximum atomic E-state index is 11.9. The first kappa shape index (κ1) is 24.5. The van der Waals surface area contributed by atoms with Crippen LogP contribution in [0, 0.1) is 6.92 Å². The highest BCUT2D eigenvalue weighted by Crippen LogP contribution is 2.44. The number of benzene rings is 3. The summed E-state index contributed by atoms with van der Waals surface area (Å²) in [7, 11) is -14.9. The Bertz CT molecular complexity index is 1660. The molecule has 0 bridgehead atoms. The van der Waals surface area contributed by atoms with Crippen molar-refractivity contribution < 1.29 is 44.0 Å². The van der Waals surface area contributed by atoms with Gasteiger partial charge >= 0.3 is 0 Å². The van der Waals surface area contributed by atoms with Gasteiger partial charge in [-0.1, -0.05) is 6.07 Å². The minimum absolute atomic E-state index is 0.336. The molecule has 3 aromatic rings. The zero-order valence-electron chi connectivity index (χ0n) is 16.4. The minimum Gasteiger partial charge on any atom is -0.505 e. The maximum absolute atomic E-state index is 11.9. The zero-order chi connectivity index (χ0) is 24.9. The van der Waals surface area contributed by atoms with Crippen LogP contribution in [0.1, 0.15) is 5.56 Å². The van der Waals surface area contributed by atoms with E-state index in [2.05, 4.69) is 10.2 Å². The zero-order valence-corrected chi connectivity index (χ0v) is 18.8. The van der Waals surface area contributed by atoms with E-state index in [1.54, 1.807) is 0 Å². The quantitative estimate of drug-likeness (QED) is 0.187. The van der Waals surface area contributed by atoms with Crippen molar-refractivity contribution in [1.29, 1.82) is 0 Å². The molecule has 0 aromatic heterocycles. The van der Waals surface area contributed by atoms with E-state index in [9.17, 15) is 44.0 Å². The molecule has 3 rings (SSSR count). The van der Waals surface area contributed by atoms with E-state index in [-0.39, 0.29) is 5.39 Å². The van der Waals surface area contributed by atoms with Crippen molar-refractivity contribution in [2.24, 2.45) is 10.2 Å². The largest absolute Gasteiger partial charge is 0.505 e. The number of rotatable bonds is 5. The monoisotopic (exact) mass is 517 g/mol. The molecule has 16 heteroatoms. The van der Waals surface area contributed by atoms with Crippen LogP contribution in [0.2, 0.25) is 0 Å². The lowest BCUT2D eigenvalue weighted by molar-refractivity contribution is 0.471. The van der Waals surface area contributed by atoms with Gasteiger partial charge in [-0.3, -0.25) is 13.7 Å². The highest BCUT2D eigenvalue weighted by Gasteiger charge is 2.27. The molecule has 0 atom stereocenters. The molecule has 13 nitrogen and oxygen atoms in total. The third-order valence-corrected chi connectivity index (χ3v) is 7.12. The lowest BCUT2D eigenvalue weighted by Crippen LogP contribution is -2.06. The van der Waals surface area contributed by atoms with Crippen molar-refractivity contribution in [3.63, 3.8) is 0 Å². The van der Waals surface area contributed by atoms with Crippen LogP contribution in [0.4, 0.5) is 17.1 Å². The highest BCUT2D eigenvalue weighted by atomic mass is 32.2. The Kier molecular flexibility index (Phi) is 5.95. The molecule has 0 aliphatic carbocycles. The molecule has 3 aromatic carbocycles. The van der Waals surface area contributed by atoms with Crippen molar-refractivity contribution in [1.82, 2.24) is 0 Å². The van der Waals surface area contributed by atoms with Gasteiger partial charge < -0.3 is 10.8 Å². The van der Waals surface area contributed by atoms with Crippen molar-refractivity contribution in [2.45, 2.75) is 21.6 Å². The number of hydrogen-bond donors (Lipinski definition) is 5. The summed E-state index contributed by atoms with van der Waals surface area (Å²) in [5.74, 6) is -0.978. The normalized spacial score (nSPS) is 13.1. The van der Waals surface area contributed by atoms with Gasteiger partial charge in [0.2, 0.25) is 0 Å². The molecule has 176 valence electrons. The Hall–Kier alpha value is -3.15. The van der Waals surface area contributed by atoms with Crippen molar-refractivity contribution >= 4 is 58.2 Å². The second-order valence-electron chi connectivity index (χ2n) is 6.75. The first-order valence-electron chi connectivity index (χ1n) is 8.55. The van der Waals surface area contributed by atoms with Crippen LogP contribution < -0.4 is 5.73 Å². The average molecular weight is 518 g/mol. The fourth-order valence-electron chi connectivity index (χ4n) is 3.01. The second-order valence-corrected chi connectivity index (χ2v) is 10.9. The molecule has 0 amide bonds. The summed E-state index contributed by atoms with van der Waals surface area (Å²) in [5.41, 5.74) is 4.22. The Morgan fingerprint density at radius 1 is 0.758 bits per heavy atom. The minimum atomic E-state index is -5.17. The third kappa shape index (κ3) is 4.80. The van der Waals surface area contributed by atoms with Crippen molar-refractivity contribution in [2.75, 3.05) is 5.73 Å². The molecule has 33 heavy (non-hydrogen) atoms. The van der Waals surface area contributed by atoms with Gasteiger partial charge in [0.1, 0.15) is 26.1 Å². The number of nitrogens with zero attached hydrogens (tertiary/aromatic N) is 2. The van der Waals surface area contributed by atoms with Crippen molar-refractivity contribution in [3.8, 4) is 5.75 Å². The van der Waals surface area contributed by atoms with Crippen LogP contribution in [-0.2, 0) is 30.4 Å². The van der Waals surface area contributed by atoms with E-state index >= 15 is 0 Å². The molecule has 0 saturated heterocycles. The summed E-state index contributed by atoms with van der Waals surface area (Å²) in [6, 6.07) is 6.32. The smallest absolute Gasteiger partial charge is 0.297 e. The van der Waals surface area contributed by atoms with Crippen LogP contribution in [0.15, 0.2) is 61.3 Å².